The molecular weight excluding hydrogens is 276 g/mol. The van der Waals surface area contributed by atoms with Gasteiger partial charge in [0.05, 0.1) is 11.5 Å². The number of benzene rings is 2. The number of carboxylic acids is 1. The van der Waals surface area contributed by atoms with Gasteiger partial charge in [0.2, 0.25) is 5.78 Å². The van der Waals surface area contributed by atoms with Gasteiger partial charge in [0.15, 0.2) is 6.61 Å². The molecule has 0 heterocycles. The first-order chi connectivity index (χ1) is 9.99. The minimum Gasteiger partial charge on any atom is -0.545 e. The summed E-state index contributed by atoms with van der Waals surface area (Å²) in [5.74, 6) is -2.51. The van der Waals surface area contributed by atoms with Crippen molar-refractivity contribution < 1.29 is 29.6 Å². The molecule has 6 nitrogen and oxygen atoms in total. The van der Waals surface area contributed by atoms with Gasteiger partial charge >= 0.3 is 0 Å². The van der Waals surface area contributed by atoms with Gasteiger partial charge in [-0.25, -0.2) is 0 Å². The van der Waals surface area contributed by atoms with E-state index in [1.807, 2.05) is 0 Å². The molecule has 0 aliphatic rings. The Morgan fingerprint density at radius 2 is 1.76 bits per heavy atom. The Labute approximate surface area is 119 Å². The maximum atomic E-state index is 11.9. The van der Waals surface area contributed by atoms with E-state index in [9.17, 15) is 19.8 Å². The van der Waals surface area contributed by atoms with Crippen LogP contribution in [-0.4, -0.2) is 28.6 Å². The number of aromatic carboxylic acids is 1. The Balaban J connectivity index is 2.13. The van der Waals surface area contributed by atoms with Crippen LogP contribution in [0.3, 0.4) is 0 Å². The SMILES string of the molecule is O=C(COc1ccccc1C(=O)[O-])c1ccc(O)cc1O. The molecule has 0 atom stereocenters. The van der Waals surface area contributed by atoms with Gasteiger partial charge in [0.25, 0.3) is 0 Å². The standard InChI is InChI=1S/C15H12O6/c16-9-5-6-10(12(17)7-9)13(18)8-21-14-4-2-1-3-11(14)15(19)20/h1-7,16-17H,8H2,(H,19,20)/p-1. The number of Topliss-reactive ketones (excluding diaryl/α,β-unsaturated/α-hetero) is 1. The lowest BCUT2D eigenvalue weighted by molar-refractivity contribution is -0.255. The van der Waals surface area contributed by atoms with Crippen LogP contribution in [0.2, 0.25) is 0 Å². The fourth-order valence-electron chi connectivity index (χ4n) is 1.74. The highest BCUT2D eigenvalue weighted by atomic mass is 16.5. The highest BCUT2D eigenvalue weighted by Crippen LogP contribution is 2.23. The van der Waals surface area contributed by atoms with Crippen LogP contribution in [0.5, 0.6) is 17.2 Å². The lowest BCUT2D eigenvalue weighted by atomic mass is 10.1. The Hall–Kier alpha value is -3.02. The molecule has 0 unspecified atom stereocenters. The van der Waals surface area contributed by atoms with Crippen LogP contribution < -0.4 is 9.84 Å². The average Bonchev–Trinajstić information content (AvgIpc) is 2.45. The number of carbonyl (C=O) groups is 2. The molecule has 6 heteroatoms. The van der Waals surface area contributed by atoms with Gasteiger partial charge in [-0.2, -0.15) is 0 Å². The van der Waals surface area contributed by atoms with Gasteiger partial charge < -0.3 is 24.9 Å². The summed E-state index contributed by atoms with van der Waals surface area (Å²) in [5.41, 5.74) is -0.195. The van der Waals surface area contributed by atoms with E-state index in [0.717, 1.165) is 6.07 Å². The summed E-state index contributed by atoms with van der Waals surface area (Å²) in [6, 6.07) is 9.30. The first-order valence-corrected chi connectivity index (χ1v) is 5.97. The fraction of sp³-hybridized carbons (Fsp3) is 0.0667. The number of ether oxygens (including phenoxy) is 1. The highest BCUT2D eigenvalue weighted by Gasteiger charge is 2.13. The van der Waals surface area contributed by atoms with Crippen molar-refractivity contribution >= 4 is 11.8 Å². The van der Waals surface area contributed by atoms with E-state index in [-0.39, 0.29) is 28.4 Å². The third-order valence-electron chi connectivity index (χ3n) is 2.75. The Morgan fingerprint density at radius 1 is 1.05 bits per heavy atom. The normalized spacial score (nSPS) is 10.1. The van der Waals surface area contributed by atoms with E-state index < -0.39 is 18.4 Å². The zero-order valence-corrected chi connectivity index (χ0v) is 10.8. The second-order valence-electron chi connectivity index (χ2n) is 4.20. The number of carbonyl (C=O) groups excluding carboxylic acids is 2. The largest absolute Gasteiger partial charge is 0.545 e. The van der Waals surface area contributed by atoms with E-state index in [2.05, 4.69) is 0 Å². The van der Waals surface area contributed by atoms with Crippen molar-refractivity contribution in [2.24, 2.45) is 0 Å². The second kappa shape index (κ2) is 5.96. The number of phenols is 2. The molecule has 0 aliphatic heterocycles. The molecule has 2 N–H and O–H groups in total. The monoisotopic (exact) mass is 287 g/mol. The van der Waals surface area contributed by atoms with E-state index in [1.54, 1.807) is 6.07 Å². The third kappa shape index (κ3) is 3.30. The quantitative estimate of drug-likeness (QED) is 0.785. The summed E-state index contributed by atoms with van der Waals surface area (Å²) in [4.78, 5) is 22.8. The summed E-state index contributed by atoms with van der Waals surface area (Å²) in [6.07, 6.45) is 0. The molecule has 21 heavy (non-hydrogen) atoms. The molecule has 108 valence electrons. The van der Waals surface area contributed by atoms with Gasteiger partial charge in [0.1, 0.15) is 17.2 Å². The van der Waals surface area contributed by atoms with Crippen molar-refractivity contribution in [2.75, 3.05) is 6.61 Å². The first-order valence-electron chi connectivity index (χ1n) is 5.97. The molecule has 2 rings (SSSR count). The summed E-state index contributed by atoms with van der Waals surface area (Å²) in [6.45, 7) is -0.456. The molecular formula is C15H11O6-. The highest BCUT2D eigenvalue weighted by molar-refractivity contribution is 6.00. The average molecular weight is 287 g/mol. The number of hydrogen-bond donors (Lipinski definition) is 2. The van der Waals surface area contributed by atoms with Crippen LogP contribution in [0.4, 0.5) is 0 Å². The maximum Gasteiger partial charge on any atom is 0.203 e. The zero-order valence-electron chi connectivity index (χ0n) is 10.8. The summed E-state index contributed by atoms with van der Waals surface area (Å²) >= 11 is 0. The Morgan fingerprint density at radius 3 is 2.43 bits per heavy atom. The molecule has 0 aromatic heterocycles. The van der Waals surface area contributed by atoms with Crippen LogP contribution in [0, 0.1) is 0 Å². The lowest BCUT2D eigenvalue weighted by Gasteiger charge is -2.11. The maximum absolute atomic E-state index is 11.9. The summed E-state index contributed by atoms with van der Waals surface area (Å²) in [7, 11) is 0. The predicted molar refractivity (Wildman–Crippen MR) is 70.4 cm³/mol. The minimum atomic E-state index is -1.41. The molecule has 0 radical (unpaired) electrons. The van der Waals surface area contributed by atoms with Crippen molar-refractivity contribution in [1.82, 2.24) is 0 Å². The first kappa shape index (κ1) is 14.4. The smallest absolute Gasteiger partial charge is 0.203 e. The number of hydrogen-bond acceptors (Lipinski definition) is 6. The van der Waals surface area contributed by atoms with Crippen molar-refractivity contribution in [3.05, 3.63) is 53.6 Å². The van der Waals surface area contributed by atoms with Crippen molar-refractivity contribution in [1.29, 1.82) is 0 Å². The number of ketones is 1. The van der Waals surface area contributed by atoms with Gasteiger partial charge in [-0.1, -0.05) is 12.1 Å². The molecule has 0 spiro atoms. The lowest BCUT2D eigenvalue weighted by Crippen LogP contribution is -2.23. The molecule has 0 saturated heterocycles. The number of rotatable bonds is 5. The Kier molecular flexibility index (Phi) is 4.08. The van der Waals surface area contributed by atoms with E-state index in [0.29, 0.717) is 0 Å². The van der Waals surface area contributed by atoms with Gasteiger partial charge in [-0.3, -0.25) is 4.79 Å². The topological polar surface area (TPSA) is 107 Å². The van der Waals surface area contributed by atoms with Crippen LogP contribution in [0.25, 0.3) is 0 Å². The molecule has 0 fully saturated rings. The van der Waals surface area contributed by atoms with Crippen molar-refractivity contribution in [3.8, 4) is 17.2 Å². The third-order valence-corrected chi connectivity index (χ3v) is 2.75. The van der Waals surface area contributed by atoms with Crippen LogP contribution >= 0.6 is 0 Å². The van der Waals surface area contributed by atoms with Crippen molar-refractivity contribution in [3.63, 3.8) is 0 Å². The van der Waals surface area contributed by atoms with Gasteiger partial charge in [-0.15, -0.1) is 0 Å². The predicted octanol–water partition coefficient (Wildman–Crippen LogP) is 0.723. The molecule has 0 saturated carbocycles. The van der Waals surface area contributed by atoms with Crippen LogP contribution in [0.15, 0.2) is 42.5 Å². The minimum absolute atomic E-state index is 0.00381. The van der Waals surface area contributed by atoms with E-state index >= 15 is 0 Å². The number of phenolic OH excluding ortho intramolecular Hbond substituents is 2. The number of para-hydroxylation sites is 1. The number of carboxylic acid groups (broad SMARTS) is 1. The van der Waals surface area contributed by atoms with Gasteiger partial charge in [-0.05, 0) is 24.3 Å². The molecule has 0 bridgehead atoms. The summed E-state index contributed by atoms with van der Waals surface area (Å²) in [5, 5.41) is 29.6. The Bertz CT molecular complexity index is 692. The molecule has 0 aliphatic carbocycles. The molecule has 2 aromatic carbocycles. The van der Waals surface area contributed by atoms with E-state index in [1.165, 1.54) is 30.3 Å². The van der Waals surface area contributed by atoms with E-state index in [4.69, 9.17) is 9.84 Å². The van der Waals surface area contributed by atoms with Gasteiger partial charge in [0, 0.05) is 11.6 Å². The number of aromatic hydroxyl groups is 2. The zero-order chi connectivity index (χ0) is 15.4. The fourth-order valence-corrected chi connectivity index (χ4v) is 1.74. The van der Waals surface area contributed by atoms with Crippen LogP contribution in [-0.2, 0) is 0 Å². The van der Waals surface area contributed by atoms with Crippen LogP contribution in [0.1, 0.15) is 20.7 Å². The van der Waals surface area contributed by atoms with Crippen molar-refractivity contribution in [2.45, 2.75) is 0 Å². The summed E-state index contributed by atoms with van der Waals surface area (Å²) < 4.78 is 5.16. The molecule has 2 aromatic rings. The molecule has 0 amide bonds. The second-order valence-corrected chi connectivity index (χ2v) is 4.20.